The molecule has 0 radical (unpaired) electrons. The Hall–Kier alpha value is -3.29. The van der Waals surface area contributed by atoms with Gasteiger partial charge >= 0.3 is 5.97 Å². The number of carboxylic acid groups (broad SMARTS) is 1. The zero-order chi connectivity index (χ0) is 19.4. The number of carbonyl (C=O) groups is 3. The first-order valence-electron chi connectivity index (χ1n) is 8.62. The summed E-state index contributed by atoms with van der Waals surface area (Å²) in [5.74, 6) is -1.46. The van der Waals surface area contributed by atoms with E-state index in [1.54, 1.807) is 9.80 Å². The van der Waals surface area contributed by atoms with Crippen LogP contribution in [0.4, 0.5) is 0 Å². The number of piperazine rings is 1. The second-order valence-electron chi connectivity index (χ2n) is 6.37. The van der Waals surface area contributed by atoms with Crippen LogP contribution in [0, 0.1) is 6.92 Å². The molecule has 27 heavy (non-hydrogen) atoms. The topological polar surface area (TPSA) is 104 Å². The first-order valence-corrected chi connectivity index (χ1v) is 8.62. The van der Waals surface area contributed by atoms with Crippen molar-refractivity contribution in [3.05, 3.63) is 59.2 Å². The summed E-state index contributed by atoms with van der Waals surface area (Å²) >= 11 is 0. The van der Waals surface area contributed by atoms with E-state index in [-0.39, 0.29) is 23.2 Å². The number of nitrogens with zero attached hydrogens (tertiary/aromatic N) is 4. The molecular weight excluding hydrogens is 348 g/mol. The van der Waals surface area contributed by atoms with E-state index in [9.17, 15) is 14.4 Å². The average Bonchev–Trinajstić information content (AvgIpc) is 2.69. The molecule has 1 aliphatic heterocycles. The van der Waals surface area contributed by atoms with E-state index in [0.717, 1.165) is 17.3 Å². The largest absolute Gasteiger partial charge is 0.476 e. The molecule has 8 nitrogen and oxygen atoms in total. The van der Waals surface area contributed by atoms with Crippen molar-refractivity contribution in [2.24, 2.45) is 0 Å². The summed E-state index contributed by atoms with van der Waals surface area (Å²) in [6.45, 7) is 3.70. The summed E-state index contributed by atoms with van der Waals surface area (Å²) in [5, 5.41) is 8.83. The monoisotopic (exact) mass is 368 g/mol. The van der Waals surface area contributed by atoms with E-state index >= 15 is 0 Å². The predicted octanol–water partition coefficient (Wildman–Crippen LogP) is 1.01. The van der Waals surface area contributed by atoms with Gasteiger partial charge in [0.05, 0.1) is 18.8 Å². The molecule has 0 spiro atoms. The summed E-state index contributed by atoms with van der Waals surface area (Å²) in [4.78, 5) is 46.7. The molecule has 2 heterocycles. The number of carboxylic acids is 1. The molecule has 2 aromatic rings. The standard InChI is InChI=1S/C19H20N4O4/c1-13-4-2-3-5-14(13)10-17(24)22-6-8-23(9-7-22)18(25)15-11-21-16(12-20-15)19(26)27/h2-5,11-12H,6-10H2,1H3,(H,26,27). The lowest BCUT2D eigenvalue weighted by molar-refractivity contribution is -0.131. The lowest BCUT2D eigenvalue weighted by Crippen LogP contribution is -2.51. The van der Waals surface area contributed by atoms with Gasteiger partial charge in [-0.25, -0.2) is 14.8 Å². The summed E-state index contributed by atoms with van der Waals surface area (Å²) in [6, 6.07) is 7.80. The Balaban J connectivity index is 1.56. The number of aryl methyl sites for hydroxylation is 1. The number of amides is 2. The van der Waals surface area contributed by atoms with Crippen molar-refractivity contribution in [1.82, 2.24) is 19.8 Å². The fraction of sp³-hybridized carbons (Fsp3) is 0.316. The van der Waals surface area contributed by atoms with Gasteiger partial charge in [-0.15, -0.1) is 0 Å². The molecule has 8 heteroatoms. The maximum absolute atomic E-state index is 12.5. The highest BCUT2D eigenvalue weighted by Gasteiger charge is 2.26. The molecule has 1 aromatic carbocycles. The molecular formula is C19H20N4O4. The average molecular weight is 368 g/mol. The van der Waals surface area contributed by atoms with Crippen molar-refractivity contribution < 1.29 is 19.5 Å². The molecule has 1 N–H and O–H groups in total. The van der Waals surface area contributed by atoms with E-state index < -0.39 is 5.97 Å². The molecule has 140 valence electrons. The Labute approximate surface area is 156 Å². The van der Waals surface area contributed by atoms with Crippen molar-refractivity contribution in [3.63, 3.8) is 0 Å². The highest BCUT2D eigenvalue weighted by molar-refractivity contribution is 5.93. The summed E-state index contributed by atoms with van der Waals surface area (Å²) in [6.07, 6.45) is 2.59. The van der Waals surface area contributed by atoms with Crippen molar-refractivity contribution >= 4 is 17.8 Å². The van der Waals surface area contributed by atoms with Crippen LogP contribution in [-0.2, 0) is 11.2 Å². The normalized spacial score (nSPS) is 14.1. The molecule has 0 bridgehead atoms. The van der Waals surface area contributed by atoms with Crippen molar-refractivity contribution in [2.45, 2.75) is 13.3 Å². The Morgan fingerprint density at radius 3 is 2.15 bits per heavy atom. The van der Waals surface area contributed by atoms with Crippen LogP contribution in [0.15, 0.2) is 36.7 Å². The maximum atomic E-state index is 12.5. The molecule has 1 aromatic heterocycles. The fourth-order valence-corrected chi connectivity index (χ4v) is 2.95. The van der Waals surface area contributed by atoms with Gasteiger partial charge in [-0.1, -0.05) is 24.3 Å². The van der Waals surface area contributed by atoms with Crippen LogP contribution in [0.3, 0.4) is 0 Å². The Morgan fingerprint density at radius 1 is 0.963 bits per heavy atom. The van der Waals surface area contributed by atoms with E-state index in [0.29, 0.717) is 32.6 Å². The quantitative estimate of drug-likeness (QED) is 0.864. The minimum absolute atomic E-state index is 0.0435. The van der Waals surface area contributed by atoms with Crippen LogP contribution in [0.5, 0.6) is 0 Å². The van der Waals surface area contributed by atoms with Crippen LogP contribution in [0.25, 0.3) is 0 Å². The van der Waals surface area contributed by atoms with E-state index in [4.69, 9.17) is 5.11 Å². The van der Waals surface area contributed by atoms with Gasteiger partial charge in [-0.2, -0.15) is 0 Å². The number of hydrogen-bond donors (Lipinski definition) is 1. The zero-order valence-corrected chi connectivity index (χ0v) is 15.0. The number of aromatic carboxylic acids is 1. The van der Waals surface area contributed by atoms with Gasteiger partial charge in [-0.3, -0.25) is 9.59 Å². The Morgan fingerprint density at radius 2 is 1.56 bits per heavy atom. The lowest BCUT2D eigenvalue weighted by atomic mass is 10.1. The molecule has 0 aliphatic carbocycles. The van der Waals surface area contributed by atoms with E-state index in [2.05, 4.69) is 9.97 Å². The van der Waals surface area contributed by atoms with E-state index in [1.165, 1.54) is 6.20 Å². The van der Waals surface area contributed by atoms with Gasteiger partial charge < -0.3 is 14.9 Å². The Kier molecular flexibility index (Phi) is 5.44. The zero-order valence-electron chi connectivity index (χ0n) is 15.0. The summed E-state index contributed by atoms with van der Waals surface area (Å²) in [7, 11) is 0. The van der Waals surface area contributed by atoms with Gasteiger partial charge in [-0.05, 0) is 18.1 Å². The maximum Gasteiger partial charge on any atom is 0.356 e. The third-order valence-electron chi connectivity index (χ3n) is 4.61. The Bertz CT molecular complexity index is 858. The lowest BCUT2D eigenvalue weighted by Gasteiger charge is -2.34. The third kappa shape index (κ3) is 4.28. The highest BCUT2D eigenvalue weighted by atomic mass is 16.4. The van der Waals surface area contributed by atoms with Crippen LogP contribution in [-0.4, -0.2) is 68.8 Å². The molecule has 1 fully saturated rings. The first kappa shape index (κ1) is 18.5. The number of rotatable bonds is 4. The number of carbonyl (C=O) groups excluding carboxylic acids is 2. The van der Waals surface area contributed by atoms with Gasteiger partial charge in [0, 0.05) is 26.2 Å². The van der Waals surface area contributed by atoms with Gasteiger partial charge in [0.1, 0.15) is 5.69 Å². The second kappa shape index (κ2) is 7.94. The van der Waals surface area contributed by atoms with Crippen LogP contribution < -0.4 is 0 Å². The number of hydrogen-bond acceptors (Lipinski definition) is 5. The summed E-state index contributed by atoms with van der Waals surface area (Å²) < 4.78 is 0. The summed E-state index contributed by atoms with van der Waals surface area (Å²) in [5.41, 5.74) is 1.98. The first-order chi connectivity index (χ1) is 13.0. The van der Waals surface area contributed by atoms with Crippen LogP contribution in [0.2, 0.25) is 0 Å². The minimum atomic E-state index is -1.19. The number of aromatic nitrogens is 2. The molecule has 0 unspecified atom stereocenters. The fourth-order valence-electron chi connectivity index (χ4n) is 2.95. The molecule has 2 amide bonds. The molecule has 3 rings (SSSR count). The van der Waals surface area contributed by atoms with Gasteiger partial charge in [0.15, 0.2) is 5.69 Å². The van der Waals surface area contributed by atoms with Crippen molar-refractivity contribution in [1.29, 1.82) is 0 Å². The van der Waals surface area contributed by atoms with Crippen molar-refractivity contribution in [3.8, 4) is 0 Å². The molecule has 0 saturated carbocycles. The smallest absolute Gasteiger partial charge is 0.356 e. The third-order valence-corrected chi connectivity index (χ3v) is 4.61. The molecule has 1 saturated heterocycles. The van der Waals surface area contributed by atoms with Crippen LogP contribution >= 0.6 is 0 Å². The van der Waals surface area contributed by atoms with Crippen LogP contribution in [0.1, 0.15) is 32.1 Å². The van der Waals surface area contributed by atoms with Gasteiger partial charge in [0.25, 0.3) is 5.91 Å². The second-order valence-corrected chi connectivity index (χ2v) is 6.37. The highest BCUT2D eigenvalue weighted by Crippen LogP contribution is 2.12. The SMILES string of the molecule is Cc1ccccc1CC(=O)N1CCN(C(=O)c2cnc(C(=O)O)cn2)CC1. The van der Waals surface area contributed by atoms with E-state index in [1.807, 2.05) is 31.2 Å². The van der Waals surface area contributed by atoms with Crippen molar-refractivity contribution in [2.75, 3.05) is 26.2 Å². The van der Waals surface area contributed by atoms with Gasteiger partial charge in [0.2, 0.25) is 5.91 Å². The minimum Gasteiger partial charge on any atom is -0.476 e. The predicted molar refractivity (Wildman–Crippen MR) is 96.4 cm³/mol. The molecule has 0 atom stereocenters. The number of benzene rings is 1. The molecule has 1 aliphatic rings.